The summed E-state index contributed by atoms with van der Waals surface area (Å²) in [7, 11) is 2.00. The summed E-state index contributed by atoms with van der Waals surface area (Å²) in [4.78, 5) is 0. The van der Waals surface area contributed by atoms with E-state index >= 15 is 0 Å². The molecule has 0 rings (SSSR count). The Morgan fingerprint density at radius 2 is 1.67 bits per heavy atom. The normalized spacial score (nSPS) is 13.0. The number of hydrogen-bond acceptors (Lipinski definition) is 1. The molecule has 0 amide bonds. The smallest absolute Gasteiger partial charge is 0.00237 e. The van der Waals surface area contributed by atoms with Crippen LogP contribution in [0.25, 0.3) is 0 Å². The number of halogens is 1. The first-order chi connectivity index (χ1) is 3.68. The van der Waals surface area contributed by atoms with E-state index in [1.165, 1.54) is 0 Å². The van der Waals surface area contributed by atoms with Gasteiger partial charge in [0.1, 0.15) is 0 Å². The molecule has 2 heteroatoms. The number of nitrogens with one attached hydrogen (secondary N) is 1. The van der Waals surface area contributed by atoms with Gasteiger partial charge in [0.25, 0.3) is 0 Å². The van der Waals surface area contributed by atoms with Gasteiger partial charge in [0.15, 0.2) is 0 Å². The first-order valence-corrected chi connectivity index (χ1v) is 3.33. The molecule has 0 aliphatic carbocycles. The topological polar surface area (TPSA) is 12.0 Å². The third kappa shape index (κ3) is 6.13. The Labute approximate surface area is 64.6 Å². The van der Waals surface area contributed by atoms with Crippen molar-refractivity contribution < 1.29 is 0 Å². The summed E-state index contributed by atoms with van der Waals surface area (Å²) >= 11 is 0. The zero-order chi connectivity index (χ0) is 6.57. The minimum Gasteiger partial charge on any atom is -0.319 e. The maximum Gasteiger partial charge on any atom is -0.00237 e. The largest absolute Gasteiger partial charge is 0.319 e. The van der Waals surface area contributed by atoms with Crippen LogP contribution in [0.15, 0.2) is 0 Å². The molecule has 1 unspecified atom stereocenters. The molecule has 1 nitrogen and oxygen atoms in total. The van der Waals surface area contributed by atoms with Gasteiger partial charge in [-0.05, 0) is 25.4 Å². The van der Waals surface area contributed by atoms with E-state index in [4.69, 9.17) is 0 Å². The van der Waals surface area contributed by atoms with Crippen LogP contribution < -0.4 is 5.32 Å². The third-order valence-electron chi connectivity index (χ3n) is 1.66. The Morgan fingerprint density at radius 3 is 1.78 bits per heavy atom. The van der Waals surface area contributed by atoms with Gasteiger partial charge < -0.3 is 5.32 Å². The van der Waals surface area contributed by atoms with Crippen LogP contribution >= 0.6 is 12.4 Å². The molecule has 9 heavy (non-hydrogen) atoms. The van der Waals surface area contributed by atoms with Crippen molar-refractivity contribution in [1.82, 2.24) is 5.32 Å². The fourth-order valence-electron chi connectivity index (χ4n) is 0.558. The summed E-state index contributed by atoms with van der Waals surface area (Å²) in [5.74, 6) is 1.61. The molecule has 0 saturated carbocycles. The van der Waals surface area contributed by atoms with E-state index in [0.717, 1.165) is 18.4 Å². The second kappa shape index (κ2) is 6.37. The molecule has 0 saturated heterocycles. The summed E-state index contributed by atoms with van der Waals surface area (Å²) in [5, 5.41) is 3.15. The molecule has 0 bridgehead atoms. The Hall–Kier alpha value is 0.250. The van der Waals surface area contributed by atoms with Crippen LogP contribution in [0.5, 0.6) is 0 Å². The van der Waals surface area contributed by atoms with E-state index in [1.807, 2.05) is 7.05 Å². The lowest BCUT2D eigenvalue weighted by atomic mass is 9.98. The zero-order valence-electron chi connectivity index (χ0n) is 6.77. The lowest BCUT2D eigenvalue weighted by Crippen LogP contribution is -2.20. The van der Waals surface area contributed by atoms with Crippen molar-refractivity contribution in [3.05, 3.63) is 0 Å². The van der Waals surface area contributed by atoms with E-state index in [2.05, 4.69) is 26.1 Å². The summed E-state index contributed by atoms with van der Waals surface area (Å²) in [6, 6.07) is 0. The SMILES string of the molecule is CNCC(C)C(C)C.Cl. The maximum atomic E-state index is 3.15. The summed E-state index contributed by atoms with van der Waals surface area (Å²) in [6.45, 7) is 7.91. The Balaban J connectivity index is 0. The van der Waals surface area contributed by atoms with E-state index in [1.54, 1.807) is 0 Å². The summed E-state index contributed by atoms with van der Waals surface area (Å²) in [5.41, 5.74) is 0. The lowest BCUT2D eigenvalue weighted by molar-refractivity contribution is 0.405. The molecule has 1 atom stereocenters. The standard InChI is InChI=1S/C7H17N.ClH/c1-6(2)7(3)5-8-4;/h6-8H,5H2,1-4H3;1H. The highest BCUT2D eigenvalue weighted by Gasteiger charge is 2.03. The molecule has 0 fully saturated rings. The van der Waals surface area contributed by atoms with Gasteiger partial charge in [0.2, 0.25) is 0 Å². The molecule has 1 N–H and O–H groups in total. The molecular formula is C7H18ClN. The molecule has 0 aromatic heterocycles. The minimum atomic E-state index is 0. The predicted octanol–water partition coefficient (Wildman–Crippen LogP) is 1.92. The molecule has 0 aliphatic rings. The summed E-state index contributed by atoms with van der Waals surface area (Å²) < 4.78 is 0. The van der Waals surface area contributed by atoms with Crippen LogP contribution in [-0.4, -0.2) is 13.6 Å². The highest BCUT2D eigenvalue weighted by Crippen LogP contribution is 2.06. The minimum absolute atomic E-state index is 0. The second-order valence-corrected chi connectivity index (χ2v) is 2.78. The highest BCUT2D eigenvalue weighted by molar-refractivity contribution is 5.85. The molecule has 0 aromatic carbocycles. The van der Waals surface area contributed by atoms with E-state index in [0.29, 0.717) is 0 Å². The fourth-order valence-corrected chi connectivity index (χ4v) is 0.558. The maximum absolute atomic E-state index is 3.15. The van der Waals surface area contributed by atoms with Gasteiger partial charge in [-0.2, -0.15) is 0 Å². The van der Waals surface area contributed by atoms with Crippen molar-refractivity contribution in [2.75, 3.05) is 13.6 Å². The van der Waals surface area contributed by atoms with Crippen LogP contribution in [0.3, 0.4) is 0 Å². The Kier molecular flexibility index (Phi) is 8.48. The second-order valence-electron chi connectivity index (χ2n) is 2.78. The van der Waals surface area contributed by atoms with Crippen molar-refractivity contribution in [1.29, 1.82) is 0 Å². The van der Waals surface area contributed by atoms with E-state index < -0.39 is 0 Å². The molecule has 58 valence electrons. The average Bonchev–Trinajstić information content (AvgIpc) is 1.67. The first kappa shape index (κ1) is 12.0. The van der Waals surface area contributed by atoms with Crippen molar-refractivity contribution in [3.8, 4) is 0 Å². The number of rotatable bonds is 3. The van der Waals surface area contributed by atoms with Crippen molar-refractivity contribution in [3.63, 3.8) is 0 Å². The number of hydrogen-bond donors (Lipinski definition) is 1. The highest BCUT2D eigenvalue weighted by atomic mass is 35.5. The van der Waals surface area contributed by atoms with Gasteiger partial charge in [-0.25, -0.2) is 0 Å². The van der Waals surface area contributed by atoms with Gasteiger partial charge in [0, 0.05) is 0 Å². The molecular weight excluding hydrogens is 134 g/mol. The van der Waals surface area contributed by atoms with Crippen LogP contribution in [0.4, 0.5) is 0 Å². The van der Waals surface area contributed by atoms with E-state index in [9.17, 15) is 0 Å². The summed E-state index contributed by atoms with van der Waals surface area (Å²) in [6.07, 6.45) is 0. The van der Waals surface area contributed by atoms with Gasteiger partial charge in [-0.15, -0.1) is 12.4 Å². The van der Waals surface area contributed by atoms with Gasteiger partial charge in [-0.1, -0.05) is 20.8 Å². The van der Waals surface area contributed by atoms with Crippen LogP contribution in [0.2, 0.25) is 0 Å². The molecule has 0 heterocycles. The lowest BCUT2D eigenvalue weighted by Gasteiger charge is -2.13. The van der Waals surface area contributed by atoms with Crippen molar-refractivity contribution in [2.45, 2.75) is 20.8 Å². The Bertz CT molecular complexity index is 54.9. The van der Waals surface area contributed by atoms with Crippen LogP contribution in [-0.2, 0) is 0 Å². The predicted molar refractivity (Wildman–Crippen MR) is 45.2 cm³/mol. The average molecular weight is 152 g/mol. The quantitative estimate of drug-likeness (QED) is 0.650. The molecule has 0 aromatic rings. The first-order valence-electron chi connectivity index (χ1n) is 3.33. The third-order valence-corrected chi connectivity index (χ3v) is 1.66. The molecule has 0 spiro atoms. The van der Waals surface area contributed by atoms with Crippen molar-refractivity contribution in [2.24, 2.45) is 11.8 Å². The van der Waals surface area contributed by atoms with Crippen LogP contribution in [0, 0.1) is 11.8 Å². The Morgan fingerprint density at radius 1 is 1.22 bits per heavy atom. The molecule has 0 radical (unpaired) electrons. The fraction of sp³-hybridized carbons (Fsp3) is 1.00. The van der Waals surface area contributed by atoms with Crippen molar-refractivity contribution >= 4 is 12.4 Å². The van der Waals surface area contributed by atoms with Gasteiger partial charge >= 0.3 is 0 Å². The van der Waals surface area contributed by atoms with E-state index in [-0.39, 0.29) is 12.4 Å². The van der Waals surface area contributed by atoms with Crippen LogP contribution in [0.1, 0.15) is 20.8 Å². The van der Waals surface area contributed by atoms with Gasteiger partial charge in [0.05, 0.1) is 0 Å². The monoisotopic (exact) mass is 151 g/mol. The van der Waals surface area contributed by atoms with Gasteiger partial charge in [-0.3, -0.25) is 0 Å². The zero-order valence-corrected chi connectivity index (χ0v) is 7.59. The molecule has 0 aliphatic heterocycles.